The van der Waals surface area contributed by atoms with E-state index in [0.29, 0.717) is 37.6 Å². The molecule has 0 saturated carbocycles. The lowest BCUT2D eigenvalue weighted by Gasteiger charge is -2.33. The monoisotopic (exact) mass is 328 g/mol. The lowest BCUT2D eigenvalue weighted by atomic mass is 9.95. The summed E-state index contributed by atoms with van der Waals surface area (Å²) in [5.74, 6) is -0.0244. The molecule has 2 aromatic rings. The molecule has 6 heteroatoms. The Labute approximate surface area is 140 Å². The highest BCUT2D eigenvalue weighted by Gasteiger charge is 2.26. The minimum atomic E-state index is -0.218. The van der Waals surface area contributed by atoms with Gasteiger partial charge < -0.3 is 4.90 Å². The van der Waals surface area contributed by atoms with E-state index >= 15 is 0 Å². The maximum absolute atomic E-state index is 13.9. The number of hydrogen-bond acceptors (Lipinski definition) is 4. The number of aryl methyl sites for hydroxylation is 2. The predicted molar refractivity (Wildman–Crippen MR) is 91.5 cm³/mol. The van der Waals surface area contributed by atoms with Gasteiger partial charge in [-0.15, -0.1) is 0 Å². The molecule has 0 atom stereocenters. The van der Waals surface area contributed by atoms with Crippen molar-refractivity contribution in [3.63, 3.8) is 0 Å². The first-order valence-corrected chi connectivity index (χ1v) is 8.15. The summed E-state index contributed by atoms with van der Waals surface area (Å²) in [6.07, 6.45) is 1.37. The van der Waals surface area contributed by atoms with Crippen LogP contribution in [0.3, 0.4) is 0 Å². The molecule has 0 radical (unpaired) electrons. The molecular formula is C18H21FN4O. The number of halogens is 1. The Morgan fingerprint density at radius 1 is 1.17 bits per heavy atom. The van der Waals surface area contributed by atoms with Gasteiger partial charge in [-0.05, 0) is 44.9 Å². The van der Waals surface area contributed by atoms with Gasteiger partial charge in [-0.25, -0.2) is 14.4 Å². The van der Waals surface area contributed by atoms with E-state index in [1.807, 2.05) is 30.9 Å². The topological polar surface area (TPSA) is 58.1 Å². The second-order valence-electron chi connectivity index (χ2n) is 6.18. The van der Waals surface area contributed by atoms with Crippen LogP contribution in [-0.2, 0) is 4.79 Å². The van der Waals surface area contributed by atoms with Gasteiger partial charge in [0, 0.05) is 30.4 Å². The molecule has 1 aromatic heterocycles. The second-order valence-corrected chi connectivity index (χ2v) is 6.18. The van der Waals surface area contributed by atoms with Crippen LogP contribution in [0, 0.1) is 25.6 Å². The molecule has 1 fully saturated rings. The average molecular weight is 328 g/mol. The highest BCUT2D eigenvalue weighted by Crippen LogP contribution is 2.26. The van der Waals surface area contributed by atoms with E-state index in [4.69, 9.17) is 0 Å². The zero-order valence-electron chi connectivity index (χ0n) is 13.9. The highest BCUT2D eigenvalue weighted by molar-refractivity contribution is 5.91. The van der Waals surface area contributed by atoms with Crippen LogP contribution >= 0.6 is 0 Å². The van der Waals surface area contributed by atoms with Crippen molar-refractivity contribution >= 4 is 17.5 Å². The maximum Gasteiger partial charge on any atom is 0.229 e. The number of amides is 1. The summed E-state index contributed by atoms with van der Waals surface area (Å²) in [6, 6.07) is 8.62. The van der Waals surface area contributed by atoms with E-state index < -0.39 is 0 Å². The molecule has 1 amide bonds. The number of hydrogen-bond donors (Lipinski definition) is 1. The van der Waals surface area contributed by atoms with Crippen molar-refractivity contribution in [2.75, 3.05) is 23.3 Å². The largest absolute Gasteiger partial charge is 0.369 e. The van der Waals surface area contributed by atoms with Gasteiger partial charge in [0.2, 0.25) is 11.9 Å². The summed E-state index contributed by atoms with van der Waals surface area (Å²) in [4.78, 5) is 22.9. The third kappa shape index (κ3) is 3.69. The minimum Gasteiger partial charge on any atom is -0.369 e. The lowest BCUT2D eigenvalue weighted by molar-refractivity contribution is -0.120. The summed E-state index contributed by atoms with van der Waals surface area (Å²) >= 11 is 0. The van der Waals surface area contributed by atoms with Gasteiger partial charge >= 0.3 is 0 Å². The molecule has 0 aliphatic carbocycles. The molecule has 3 rings (SSSR count). The number of benzene rings is 1. The van der Waals surface area contributed by atoms with Crippen molar-refractivity contribution in [1.82, 2.24) is 9.97 Å². The first kappa shape index (κ1) is 16.4. The van der Waals surface area contributed by atoms with Crippen LogP contribution in [0.5, 0.6) is 0 Å². The van der Waals surface area contributed by atoms with E-state index in [1.54, 1.807) is 12.1 Å². The molecule has 1 aliphatic rings. The van der Waals surface area contributed by atoms with Crippen LogP contribution in [0.1, 0.15) is 24.2 Å². The van der Waals surface area contributed by atoms with E-state index in [1.165, 1.54) is 6.07 Å². The van der Waals surface area contributed by atoms with Gasteiger partial charge in [0.05, 0.1) is 5.69 Å². The number of nitrogens with zero attached hydrogens (tertiary/aromatic N) is 3. The first-order chi connectivity index (χ1) is 11.5. The van der Waals surface area contributed by atoms with E-state index in [0.717, 1.165) is 11.4 Å². The molecule has 0 spiro atoms. The third-order valence-electron chi connectivity index (χ3n) is 4.28. The first-order valence-electron chi connectivity index (χ1n) is 8.15. The fourth-order valence-electron chi connectivity index (χ4n) is 3.08. The molecule has 24 heavy (non-hydrogen) atoms. The summed E-state index contributed by atoms with van der Waals surface area (Å²) in [5.41, 5.74) is 2.26. The van der Waals surface area contributed by atoms with Crippen molar-refractivity contribution in [1.29, 1.82) is 0 Å². The van der Waals surface area contributed by atoms with Gasteiger partial charge in [0.15, 0.2) is 0 Å². The van der Waals surface area contributed by atoms with Crippen LogP contribution in [0.25, 0.3) is 0 Å². The second kappa shape index (κ2) is 6.95. The Morgan fingerprint density at radius 2 is 1.79 bits per heavy atom. The maximum atomic E-state index is 13.9. The zero-order chi connectivity index (χ0) is 17.1. The Morgan fingerprint density at radius 3 is 2.42 bits per heavy atom. The fraction of sp³-hybridized carbons (Fsp3) is 0.389. The quantitative estimate of drug-likeness (QED) is 0.941. The van der Waals surface area contributed by atoms with E-state index in [-0.39, 0.29) is 17.6 Å². The van der Waals surface area contributed by atoms with Crippen LogP contribution in [0.15, 0.2) is 30.3 Å². The number of aromatic nitrogens is 2. The van der Waals surface area contributed by atoms with Crippen molar-refractivity contribution in [3.05, 3.63) is 47.5 Å². The molecule has 1 saturated heterocycles. The molecule has 1 aliphatic heterocycles. The number of piperidine rings is 1. The zero-order valence-corrected chi connectivity index (χ0v) is 13.9. The predicted octanol–water partition coefficient (Wildman–Crippen LogP) is 3.09. The highest BCUT2D eigenvalue weighted by atomic mass is 19.1. The van der Waals surface area contributed by atoms with Gasteiger partial charge in [0.1, 0.15) is 5.82 Å². The SMILES string of the molecule is Cc1cc(C)nc(NC(=O)C2CCN(c3ccccc3F)CC2)n1. The Bertz CT molecular complexity index is 721. The number of rotatable bonds is 3. The number of carbonyl (C=O) groups is 1. The average Bonchev–Trinajstić information content (AvgIpc) is 2.54. The molecular weight excluding hydrogens is 307 g/mol. The van der Waals surface area contributed by atoms with Crippen molar-refractivity contribution in [2.24, 2.45) is 5.92 Å². The smallest absolute Gasteiger partial charge is 0.229 e. The number of nitrogens with one attached hydrogen (secondary N) is 1. The van der Waals surface area contributed by atoms with E-state index in [9.17, 15) is 9.18 Å². The standard InChI is InChI=1S/C18H21FN4O/c1-12-11-13(2)21-18(20-12)22-17(24)14-7-9-23(10-8-14)16-6-4-3-5-15(16)19/h3-6,11,14H,7-10H2,1-2H3,(H,20,21,22,24). The van der Waals surface area contributed by atoms with Crippen molar-refractivity contribution in [2.45, 2.75) is 26.7 Å². The van der Waals surface area contributed by atoms with Gasteiger partial charge in [0.25, 0.3) is 0 Å². The molecule has 5 nitrogen and oxygen atoms in total. The normalized spacial score (nSPS) is 15.4. The molecule has 126 valence electrons. The molecule has 1 N–H and O–H groups in total. The summed E-state index contributed by atoms with van der Waals surface area (Å²) < 4.78 is 13.9. The lowest BCUT2D eigenvalue weighted by Crippen LogP contribution is -2.38. The van der Waals surface area contributed by atoms with Crippen molar-refractivity contribution < 1.29 is 9.18 Å². The van der Waals surface area contributed by atoms with Crippen molar-refractivity contribution in [3.8, 4) is 0 Å². The Balaban J connectivity index is 1.60. The molecule has 2 heterocycles. The van der Waals surface area contributed by atoms with E-state index in [2.05, 4.69) is 15.3 Å². The number of para-hydroxylation sites is 1. The number of anilines is 2. The van der Waals surface area contributed by atoms with Crippen LogP contribution < -0.4 is 10.2 Å². The Hall–Kier alpha value is -2.50. The van der Waals surface area contributed by atoms with Crippen LogP contribution in [0.2, 0.25) is 0 Å². The van der Waals surface area contributed by atoms with Gasteiger partial charge in [-0.2, -0.15) is 0 Å². The third-order valence-corrected chi connectivity index (χ3v) is 4.28. The summed E-state index contributed by atoms with van der Waals surface area (Å²) in [6.45, 7) is 5.06. The van der Waals surface area contributed by atoms with Gasteiger partial charge in [-0.1, -0.05) is 12.1 Å². The summed E-state index contributed by atoms with van der Waals surface area (Å²) in [5, 5.41) is 2.81. The molecule has 1 aromatic carbocycles. The van der Waals surface area contributed by atoms with Crippen LogP contribution in [0.4, 0.5) is 16.0 Å². The molecule has 0 unspecified atom stereocenters. The summed E-state index contributed by atoms with van der Waals surface area (Å²) in [7, 11) is 0. The van der Waals surface area contributed by atoms with Gasteiger partial charge in [-0.3, -0.25) is 10.1 Å². The number of carbonyl (C=O) groups excluding carboxylic acids is 1. The Kier molecular flexibility index (Phi) is 4.74. The van der Waals surface area contributed by atoms with Crippen LogP contribution in [-0.4, -0.2) is 29.0 Å². The fourth-order valence-corrected chi connectivity index (χ4v) is 3.08. The molecule has 0 bridgehead atoms. The minimum absolute atomic E-state index is 0.0619.